The fourth-order valence-electron chi connectivity index (χ4n) is 2.21. The molecule has 0 spiro atoms. The molecule has 114 valence electrons. The van der Waals surface area contributed by atoms with Crippen molar-refractivity contribution in [2.24, 2.45) is 11.8 Å². The van der Waals surface area contributed by atoms with Crippen LogP contribution in [0.3, 0.4) is 0 Å². The zero-order valence-electron chi connectivity index (χ0n) is 12.6. The highest BCUT2D eigenvalue weighted by Crippen LogP contribution is 2.19. The van der Waals surface area contributed by atoms with Crippen molar-refractivity contribution in [2.75, 3.05) is 25.0 Å². The molecule has 0 bridgehead atoms. The molecule has 21 heavy (non-hydrogen) atoms. The van der Waals surface area contributed by atoms with Crippen molar-refractivity contribution in [3.63, 3.8) is 0 Å². The van der Waals surface area contributed by atoms with Crippen molar-refractivity contribution in [3.8, 4) is 0 Å². The van der Waals surface area contributed by atoms with Crippen LogP contribution in [0.5, 0.6) is 0 Å². The first-order chi connectivity index (χ1) is 10.1. The van der Waals surface area contributed by atoms with Gasteiger partial charge in [-0.3, -0.25) is 9.59 Å². The van der Waals surface area contributed by atoms with E-state index in [4.69, 9.17) is 0 Å². The molecule has 1 aromatic carbocycles. The highest BCUT2D eigenvalue weighted by molar-refractivity contribution is 5.97. The summed E-state index contributed by atoms with van der Waals surface area (Å²) in [5.41, 5.74) is 1.24. The largest absolute Gasteiger partial charge is 0.352 e. The smallest absolute Gasteiger partial charge is 0.251 e. The van der Waals surface area contributed by atoms with E-state index in [1.165, 1.54) is 0 Å². The van der Waals surface area contributed by atoms with Gasteiger partial charge < -0.3 is 16.0 Å². The van der Waals surface area contributed by atoms with Crippen LogP contribution in [-0.2, 0) is 4.79 Å². The van der Waals surface area contributed by atoms with E-state index < -0.39 is 0 Å². The first-order valence-electron chi connectivity index (χ1n) is 7.51. The lowest BCUT2D eigenvalue weighted by molar-refractivity contribution is -0.121. The summed E-state index contributed by atoms with van der Waals surface area (Å²) in [5, 5.41) is 8.90. The predicted octanol–water partition coefficient (Wildman–Crippen LogP) is 1.62. The summed E-state index contributed by atoms with van der Waals surface area (Å²) in [4.78, 5) is 24.1. The summed E-state index contributed by atoms with van der Waals surface area (Å²) in [6, 6.07) is 7.06. The highest BCUT2D eigenvalue weighted by Gasteiger charge is 2.28. The SMILES string of the molecule is CCCNC(=O)c1cccc(NC(=O)C(C)C2CNC2)c1. The molecule has 0 radical (unpaired) electrons. The summed E-state index contributed by atoms with van der Waals surface area (Å²) in [6.07, 6.45) is 0.898. The molecule has 2 amide bonds. The van der Waals surface area contributed by atoms with Gasteiger partial charge >= 0.3 is 0 Å². The van der Waals surface area contributed by atoms with Gasteiger partial charge in [0.1, 0.15) is 0 Å². The minimum Gasteiger partial charge on any atom is -0.352 e. The molecular weight excluding hydrogens is 266 g/mol. The Morgan fingerprint density at radius 2 is 2.14 bits per heavy atom. The van der Waals surface area contributed by atoms with Crippen molar-refractivity contribution in [1.29, 1.82) is 0 Å². The Morgan fingerprint density at radius 3 is 2.76 bits per heavy atom. The van der Waals surface area contributed by atoms with Crippen molar-refractivity contribution in [1.82, 2.24) is 10.6 Å². The molecule has 5 nitrogen and oxygen atoms in total. The van der Waals surface area contributed by atoms with E-state index in [2.05, 4.69) is 16.0 Å². The summed E-state index contributed by atoms with van der Waals surface area (Å²) in [5.74, 6) is 0.279. The number of benzene rings is 1. The fraction of sp³-hybridized carbons (Fsp3) is 0.500. The highest BCUT2D eigenvalue weighted by atomic mass is 16.2. The zero-order valence-corrected chi connectivity index (χ0v) is 12.6. The van der Waals surface area contributed by atoms with Gasteiger partial charge in [-0.25, -0.2) is 0 Å². The Kier molecular flexibility index (Phi) is 5.33. The van der Waals surface area contributed by atoms with Crippen LogP contribution in [0.25, 0.3) is 0 Å². The van der Waals surface area contributed by atoms with Crippen molar-refractivity contribution in [3.05, 3.63) is 29.8 Å². The molecule has 1 heterocycles. The average Bonchev–Trinajstić information content (AvgIpc) is 2.43. The van der Waals surface area contributed by atoms with Crippen LogP contribution in [0.4, 0.5) is 5.69 Å². The van der Waals surface area contributed by atoms with Crippen molar-refractivity contribution >= 4 is 17.5 Å². The van der Waals surface area contributed by atoms with Gasteiger partial charge in [0.05, 0.1) is 0 Å². The maximum absolute atomic E-state index is 12.2. The lowest BCUT2D eigenvalue weighted by atomic mass is 9.88. The van der Waals surface area contributed by atoms with Gasteiger partial charge in [0.2, 0.25) is 5.91 Å². The second-order valence-electron chi connectivity index (χ2n) is 5.53. The van der Waals surface area contributed by atoms with Crippen molar-refractivity contribution < 1.29 is 9.59 Å². The third-order valence-corrected chi connectivity index (χ3v) is 3.86. The quantitative estimate of drug-likeness (QED) is 0.745. The van der Waals surface area contributed by atoms with E-state index in [1.54, 1.807) is 24.3 Å². The Morgan fingerprint density at radius 1 is 1.38 bits per heavy atom. The van der Waals surface area contributed by atoms with Crippen LogP contribution in [0.1, 0.15) is 30.6 Å². The lowest BCUT2D eigenvalue weighted by Crippen LogP contribution is -2.48. The summed E-state index contributed by atoms with van der Waals surface area (Å²) < 4.78 is 0. The van der Waals surface area contributed by atoms with Gasteiger partial charge in [-0.1, -0.05) is 19.9 Å². The van der Waals surface area contributed by atoms with Crippen LogP contribution in [-0.4, -0.2) is 31.4 Å². The van der Waals surface area contributed by atoms with Crippen molar-refractivity contribution in [2.45, 2.75) is 20.3 Å². The third kappa shape index (κ3) is 4.04. The molecule has 1 unspecified atom stereocenters. The van der Waals surface area contributed by atoms with Crippen LogP contribution in [0, 0.1) is 11.8 Å². The average molecular weight is 289 g/mol. The minimum absolute atomic E-state index is 0.00705. The topological polar surface area (TPSA) is 70.2 Å². The third-order valence-electron chi connectivity index (χ3n) is 3.86. The predicted molar refractivity (Wildman–Crippen MR) is 83.2 cm³/mol. The summed E-state index contributed by atoms with van der Waals surface area (Å²) in [7, 11) is 0. The van der Waals surface area contributed by atoms with E-state index in [9.17, 15) is 9.59 Å². The molecule has 0 aliphatic carbocycles. The Hall–Kier alpha value is -1.88. The first kappa shape index (κ1) is 15.5. The molecule has 1 saturated heterocycles. The Bertz CT molecular complexity index is 512. The van der Waals surface area contributed by atoms with Gasteiger partial charge in [0.15, 0.2) is 0 Å². The van der Waals surface area contributed by atoms with E-state index in [0.717, 1.165) is 19.5 Å². The molecule has 1 aliphatic rings. The Labute approximate surface area is 125 Å². The second-order valence-corrected chi connectivity index (χ2v) is 5.53. The molecule has 5 heteroatoms. The van der Waals surface area contributed by atoms with E-state index in [0.29, 0.717) is 23.7 Å². The van der Waals surface area contributed by atoms with Gasteiger partial charge in [0, 0.05) is 23.7 Å². The number of hydrogen-bond donors (Lipinski definition) is 3. The number of carbonyl (C=O) groups excluding carboxylic acids is 2. The molecule has 1 aromatic rings. The number of rotatable bonds is 6. The lowest BCUT2D eigenvalue weighted by Gasteiger charge is -2.31. The molecule has 1 aliphatic heterocycles. The van der Waals surface area contributed by atoms with E-state index in [-0.39, 0.29) is 17.7 Å². The minimum atomic E-state index is -0.107. The number of hydrogen-bond acceptors (Lipinski definition) is 3. The maximum Gasteiger partial charge on any atom is 0.251 e. The number of anilines is 1. The van der Waals surface area contributed by atoms with Crippen LogP contribution < -0.4 is 16.0 Å². The number of amides is 2. The standard InChI is InChI=1S/C16H23N3O2/c1-3-7-18-16(21)12-5-4-6-14(8-12)19-15(20)11(2)13-9-17-10-13/h4-6,8,11,13,17H,3,7,9-10H2,1-2H3,(H,18,21)(H,19,20). The number of carbonyl (C=O) groups is 2. The second kappa shape index (κ2) is 7.22. The van der Waals surface area contributed by atoms with Crippen LogP contribution >= 0.6 is 0 Å². The molecule has 1 atom stereocenters. The fourth-order valence-corrected chi connectivity index (χ4v) is 2.21. The zero-order chi connectivity index (χ0) is 15.2. The summed E-state index contributed by atoms with van der Waals surface area (Å²) in [6.45, 7) is 6.40. The van der Waals surface area contributed by atoms with Gasteiger partial charge in [0.25, 0.3) is 5.91 Å². The van der Waals surface area contributed by atoms with Gasteiger partial charge in [-0.15, -0.1) is 0 Å². The van der Waals surface area contributed by atoms with E-state index >= 15 is 0 Å². The Balaban J connectivity index is 1.96. The normalized spacial score (nSPS) is 15.9. The van der Waals surface area contributed by atoms with Gasteiger partial charge in [-0.2, -0.15) is 0 Å². The number of nitrogens with one attached hydrogen (secondary N) is 3. The van der Waals surface area contributed by atoms with Gasteiger partial charge in [-0.05, 0) is 43.6 Å². The molecule has 1 fully saturated rings. The molecule has 0 aromatic heterocycles. The summed E-state index contributed by atoms with van der Waals surface area (Å²) >= 11 is 0. The van der Waals surface area contributed by atoms with Crippen LogP contribution in [0.2, 0.25) is 0 Å². The molecular formula is C16H23N3O2. The van der Waals surface area contributed by atoms with Crippen LogP contribution in [0.15, 0.2) is 24.3 Å². The maximum atomic E-state index is 12.2. The molecule has 0 saturated carbocycles. The molecule has 3 N–H and O–H groups in total. The first-order valence-corrected chi connectivity index (χ1v) is 7.51. The molecule has 2 rings (SSSR count). The van der Waals surface area contributed by atoms with E-state index in [1.807, 2.05) is 13.8 Å². The monoisotopic (exact) mass is 289 g/mol.